The summed E-state index contributed by atoms with van der Waals surface area (Å²) in [5, 5.41) is 0. The van der Waals surface area contributed by atoms with Crippen LogP contribution in [0, 0.1) is 11.8 Å². The minimum absolute atomic E-state index is 0.0225. The molecule has 6 nitrogen and oxygen atoms in total. The third-order valence-electron chi connectivity index (χ3n) is 6.29. The van der Waals surface area contributed by atoms with E-state index in [1.54, 1.807) is 24.3 Å². The predicted octanol–water partition coefficient (Wildman–Crippen LogP) is 2.36. The van der Waals surface area contributed by atoms with Crippen molar-refractivity contribution in [2.75, 3.05) is 39.4 Å². The summed E-state index contributed by atoms with van der Waals surface area (Å²) in [6.45, 7) is 3.25. The van der Waals surface area contributed by atoms with E-state index in [1.165, 1.54) is 30.0 Å². The summed E-state index contributed by atoms with van der Waals surface area (Å²) in [5.41, 5.74) is 0.574. The van der Waals surface area contributed by atoms with E-state index in [0.717, 1.165) is 25.4 Å². The fourth-order valence-electron chi connectivity index (χ4n) is 4.67. The Morgan fingerprint density at radius 1 is 0.926 bits per heavy atom. The van der Waals surface area contributed by atoms with Crippen LogP contribution in [-0.4, -0.2) is 62.9 Å². The van der Waals surface area contributed by atoms with Crippen molar-refractivity contribution in [1.29, 1.82) is 0 Å². The topological polar surface area (TPSA) is 66.9 Å². The van der Waals surface area contributed by atoms with Gasteiger partial charge in [-0.15, -0.1) is 0 Å². The van der Waals surface area contributed by atoms with Crippen LogP contribution >= 0.6 is 0 Å². The molecule has 0 aromatic heterocycles. The third-order valence-corrected chi connectivity index (χ3v) is 8.20. The summed E-state index contributed by atoms with van der Waals surface area (Å²) in [4.78, 5) is 15.1. The van der Waals surface area contributed by atoms with Crippen LogP contribution in [0.15, 0.2) is 29.2 Å². The van der Waals surface area contributed by atoms with Gasteiger partial charge in [0, 0.05) is 31.7 Å². The molecule has 7 heteroatoms. The lowest BCUT2D eigenvalue weighted by Gasteiger charge is -2.41. The maximum atomic E-state index is 12.9. The van der Waals surface area contributed by atoms with Crippen molar-refractivity contribution in [2.45, 2.75) is 37.0 Å². The number of hydrogen-bond donors (Lipinski definition) is 0. The second-order valence-electron chi connectivity index (χ2n) is 7.89. The van der Waals surface area contributed by atoms with E-state index >= 15 is 0 Å². The quantitative estimate of drug-likeness (QED) is 0.792. The predicted molar refractivity (Wildman–Crippen MR) is 102 cm³/mol. The zero-order chi connectivity index (χ0) is 18.9. The van der Waals surface area contributed by atoms with Crippen LogP contribution < -0.4 is 0 Å². The monoisotopic (exact) mass is 392 g/mol. The molecule has 4 rings (SSSR count). The number of benzene rings is 1. The number of morpholine rings is 1. The van der Waals surface area contributed by atoms with Gasteiger partial charge in [-0.1, -0.05) is 19.3 Å². The molecule has 0 unspecified atom stereocenters. The number of piperidine rings is 1. The maximum Gasteiger partial charge on any atom is 0.253 e. The highest BCUT2D eigenvalue weighted by Crippen LogP contribution is 2.36. The van der Waals surface area contributed by atoms with Gasteiger partial charge in [-0.05, 0) is 48.9 Å². The van der Waals surface area contributed by atoms with Crippen LogP contribution in [0.5, 0.6) is 0 Å². The second-order valence-corrected chi connectivity index (χ2v) is 9.82. The molecule has 0 N–H and O–H groups in total. The van der Waals surface area contributed by atoms with Crippen molar-refractivity contribution in [2.24, 2.45) is 11.8 Å². The first-order valence-corrected chi connectivity index (χ1v) is 11.5. The average molecular weight is 393 g/mol. The van der Waals surface area contributed by atoms with Crippen LogP contribution in [0.1, 0.15) is 42.5 Å². The van der Waals surface area contributed by atoms with E-state index in [1.807, 2.05) is 4.90 Å². The molecule has 2 aliphatic heterocycles. The summed E-state index contributed by atoms with van der Waals surface area (Å²) < 4.78 is 32.1. The van der Waals surface area contributed by atoms with Crippen LogP contribution in [0.2, 0.25) is 0 Å². The van der Waals surface area contributed by atoms with Gasteiger partial charge in [0.05, 0.1) is 18.1 Å². The number of sulfonamides is 1. The molecule has 2 atom stereocenters. The minimum atomic E-state index is -3.52. The van der Waals surface area contributed by atoms with Crippen molar-refractivity contribution < 1.29 is 17.9 Å². The summed E-state index contributed by atoms with van der Waals surface area (Å²) in [6.07, 6.45) is 6.23. The lowest BCUT2D eigenvalue weighted by molar-refractivity contribution is 0.0521. The van der Waals surface area contributed by atoms with Gasteiger partial charge in [-0.3, -0.25) is 4.79 Å². The Bertz CT molecular complexity index is 772. The summed E-state index contributed by atoms with van der Waals surface area (Å²) in [7, 11) is -3.52. The molecule has 0 radical (unpaired) electrons. The molecule has 0 bridgehead atoms. The standard InChI is InChI=1S/C20H28N2O4S/c23-20(21-10-9-16-3-1-2-4-18(16)15-21)17-5-7-19(8-6-17)27(24,25)22-11-13-26-14-12-22/h5-8,16,18H,1-4,9-15H2/t16-,18+/m1/s1. The van der Waals surface area contributed by atoms with Crippen LogP contribution in [0.4, 0.5) is 0 Å². The molecule has 148 valence electrons. The van der Waals surface area contributed by atoms with Crippen LogP contribution in [0.25, 0.3) is 0 Å². The van der Waals surface area contributed by atoms with Crippen LogP contribution in [-0.2, 0) is 14.8 Å². The van der Waals surface area contributed by atoms with E-state index in [-0.39, 0.29) is 10.8 Å². The first kappa shape index (κ1) is 18.9. The molecule has 2 saturated heterocycles. The smallest absolute Gasteiger partial charge is 0.253 e. The number of likely N-dealkylation sites (tertiary alicyclic amines) is 1. The molecule has 1 aromatic carbocycles. The first-order chi connectivity index (χ1) is 13.1. The number of ether oxygens (including phenoxy) is 1. The Morgan fingerprint density at radius 2 is 1.59 bits per heavy atom. The molecular formula is C20H28N2O4S. The Labute approximate surface area is 161 Å². The molecule has 3 fully saturated rings. The fourth-order valence-corrected chi connectivity index (χ4v) is 6.08. The van der Waals surface area contributed by atoms with E-state index in [2.05, 4.69) is 0 Å². The molecule has 1 amide bonds. The van der Waals surface area contributed by atoms with Gasteiger partial charge in [-0.2, -0.15) is 4.31 Å². The normalized spacial score (nSPS) is 27.2. The van der Waals surface area contributed by atoms with E-state index in [9.17, 15) is 13.2 Å². The van der Waals surface area contributed by atoms with Gasteiger partial charge < -0.3 is 9.64 Å². The Morgan fingerprint density at radius 3 is 2.30 bits per heavy atom. The van der Waals surface area contributed by atoms with Gasteiger partial charge in [-0.25, -0.2) is 8.42 Å². The summed E-state index contributed by atoms with van der Waals surface area (Å²) in [6, 6.07) is 6.43. The van der Waals surface area contributed by atoms with E-state index < -0.39 is 10.0 Å². The Hall–Kier alpha value is -1.44. The molecule has 1 aliphatic carbocycles. The number of hydrogen-bond acceptors (Lipinski definition) is 4. The summed E-state index contributed by atoms with van der Waals surface area (Å²) in [5.74, 6) is 1.44. The number of nitrogens with zero attached hydrogens (tertiary/aromatic N) is 2. The molecule has 3 aliphatic rings. The SMILES string of the molecule is O=C(c1ccc(S(=O)(=O)N2CCOCC2)cc1)N1CC[C@H]2CCCC[C@H]2C1. The maximum absolute atomic E-state index is 12.9. The van der Waals surface area contributed by atoms with Crippen LogP contribution in [0.3, 0.4) is 0 Å². The van der Waals surface area contributed by atoms with E-state index in [0.29, 0.717) is 37.8 Å². The van der Waals surface area contributed by atoms with Crippen molar-refractivity contribution in [3.8, 4) is 0 Å². The number of carbonyl (C=O) groups is 1. The average Bonchev–Trinajstić information content (AvgIpc) is 2.73. The van der Waals surface area contributed by atoms with Crippen molar-refractivity contribution in [3.63, 3.8) is 0 Å². The van der Waals surface area contributed by atoms with Gasteiger partial charge in [0.15, 0.2) is 0 Å². The summed E-state index contributed by atoms with van der Waals surface area (Å²) >= 11 is 0. The first-order valence-electron chi connectivity index (χ1n) is 10.0. The number of rotatable bonds is 3. The zero-order valence-electron chi connectivity index (χ0n) is 15.7. The van der Waals surface area contributed by atoms with E-state index in [4.69, 9.17) is 4.74 Å². The number of fused-ring (bicyclic) bond motifs is 1. The lowest BCUT2D eigenvalue weighted by Crippen LogP contribution is -2.44. The second kappa shape index (κ2) is 7.89. The largest absolute Gasteiger partial charge is 0.379 e. The number of amides is 1. The molecule has 1 saturated carbocycles. The molecule has 0 spiro atoms. The molecule has 1 aromatic rings. The highest BCUT2D eigenvalue weighted by molar-refractivity contribution is 7.89. The van der Waals surface area contributed by atoms with Crippen molar-refractivity contribution >= 4 is 15.9 Å². The highest BCUT2D eigenvalue weighted by atomic mass is 32.2. The molecule has 2 heterocycles. The van der Waals surface area contributed by atoms with Gasteiger partial charge in [0.25, 0.3) is 5.91 Å². The van der Waals surface area contributed by atoms with Gasteiger partial charge >= 0.3 is 0 Å². The third kappa shape index (κ3) is 3.91. The van der Waals surface area contributed by atoms with Crippen molar-refractivity contribution in [3.05, 3.63) is 29.8 Å². The zero-order valence-corrected chi connectivity index (χ0v) is 16.5. The Balaban J connectivity index is 1.44. The fraction of sp³-hybridized carbons (Fsp3) is 0.650. The molecular weight excluding hydrogens is 364 g/mol. The molecule has 27 heavy (non-hydrogen) atoms. The van der Waals surface area contributed by atoms with Gasteiger partial charge in [0.2, 0.25) is 10.0 Å². The minimum Gasteiger partial charge on any atom is -0.379 e. The Kier molecular flexibility index (Phi) is 5.53. The van der Waals surface area contributed by atoms with Gasteiger partial charge in [0.1, 0.15) is 0 Å². The lowest BCUT2D eigenvalue weighted by atomic mass is 9.75. The van der Waals surface area contributed by atoms with Crippen molar-refractivity contribution in [1.82, 2.24) is 9.21 Å². The number of carbonyl (C=O) groups excluding carboxylic acids is 1. The highest BCUT2D eigenvalue weighted by Gasteiger charge is 2.33.